The highest BCUT2D eigenvalue weighted by atomic mass is 35.5. The van der Waals surface area contributed by atoms with Crippen LogP contribution in [0.3, 0.4) is 0 Å². The van der Waals surface area contributed by atoms with Crippen LogP contribution < -0.4 is 4.74 Å². The molecular formula is C30H28Cl3N3O4. The summed E-state index contributed by atoms with van der Waals surface area (Å²) in [5.74, 6) is 1.31. The van der Waals surface area contributed by atoms with E-state index >= 15 is 0 Å². The summed E-state index contributed by atoms with van der Waals surface area (Å²) in [6.45, 7) is 4.26. The van der Waals surface area contributed by atoms with Crippen LogP contribution in [0.1, 0.15) is 96.4 Å². The molecule has 7 nitrogen and oxygen atoms in total. The standard InChI is InChI=1S/C30H28Cl3N3O4/c1-15(2)36-26(13-25(34-36)30(37)38)18-10-17(11-18)20-9-8-19(12-24(20)33)39-14-21-28(35-40-29(21)16-6-7-16)27-22(31)4-3-5-23(27)32/h3-5,8-9,12-13,15-18H,6-7,10-11,14H2,1-2H3,(H,37,38)/t17-,18-. The first-order valence-corrected chi connectivity index (χ1v) is 14.5. The van der Waals surface area contributed by atoms with Crippen LogP contribution in [0.15, 0.2) is 47.0 Å². The molecule has 0 amide bonds. The van der Waals surface area contributed by atoms with E-state index in [4.69, 9.17) is 44.1 Å². The SMILES string of the molecule is CC(C)n1nc(C(=O)O)cc1[C@H]1C[C@H](c2ccc(OCc3c(-c4c(Cl)cccc4Cl)noc3C3CC3)cc2Cl)C1. The van der Waals surface area contributed by atoms with E-state index in [1.54, 1.807) is 24.3 Å². The van der Waals surface area contributed by atoms with Crippen molar-refractivity contribution >= 4 is 40.8 Å². The topological polar surface area (TPSA) is 90.4 Å². The monoisotopic (exact) mass is 599 g/mol. The van der Waals surface area contributed by atoms with Crippen molar-refractivity contribution in [2.45, 2.75) is 69.9 Å². The van der Waals surface area contributed by atoms with Crippen molar-refractivity contribution in [3.63, 3.8) is 0 Å². The number of aromatic carboxylic acids is 1. The summed E-state index contributed by atoms with van der Waals surface area (Å²) in [7, 11) is 0. The van der Waals surface area contributed by atoms with Crippen LogP contribution in [-0.2, 0) is 6.61 Å². The molecule has 2 fully saturated rings. The fraction of sp³-hybridized carbons (Fsp3) is 0.367. The van der Waals surface area contributed by atoms with E-state index in [0.717, 1.165) is 48.3 Å². The molecule has 2 aliphatic rings. The van der Waals surface area contributed by atoms with E-state index in [9.17, 15) is 9.90 Å². The number of nitrogens with zero attached hydrogens (tertiary/aromatic N) is 3. The maximum atomic E-state index is 11.5. The summed E-state index contributed by atoms with van der Waals surface area (Å²) < 4.78 is 13.8. The van der Waals surface area contributed by atoms with Crippen molar-refractivity contribution in [2.24, 2.45) is 0 Å². The fourth-order valence-corrected chi connectivity index (χ4v) is 6.38. The Kier molecular flexibility index (Phi) is 7.32. The van der Waals surface area contributed by atoms with Gasteiger partial charge in [-0.3, -0.25) is 4.68 Å². The van der Waals surface area contributed by atoms with Crippen molar-refractivity contribution in [3.05, 3.63) is 85.8 Å². The van der Waals surface area contributed by atoms with Crippen LogP contribution in [0.2, 0.25) is 15.1 Å². The summed E-state index contributed by atoms with van der Waals surface area (Å²) in [6, 6.07) is 12.9. The van der Waals surface area contributed by atoms with Crippen LogP contribution in [-0.4, -0.2) is 26.0 Å². The molecule has 2 aliphatic carbocycles. The summed E-state index contributed by atoms with van der Waals surface area (Å²) in [5, 5.41) is 19.7. The van der Waals surface area contributed by atoms with Gasteiger partial charge >= 0.3 is 5.97 Å². The molecule has 208 valence electrons. The first-order valence-electron chi connectivity index (χ1n) is 13.4. The zero-order chi connectivity index (χ0) is 28.1. The second-order valence-corrected chi connectivity index (χ2v) is 12.1. The second-order valence-electron chi connectivity index (χ2n) is 10.9. The fourth-order valence-electron chi connectivity index (χ4n) is 5.48. The van der Waals surface area contributed by atoms with Gasteiger partial charge in [0.1, 0.15) is 23.8 Å². The molecule has 0 bridgehead atoms. The highest BCUT2D eigenvalue weighted by molar-refractivity contribution is 6.39. The molecule has 0 aliphatic heterocycles. The Balaban J connectivity index is 1.17. The molecular weight excluding hydrogens is 573 g/mol. The molecule has 4 aromatic rings. The molecule has 2 saturated carbocycles. The largest absolute Gasteiger partial charge is 0.489 e. The molecule has 2 aromatic carbocycles. The number of hydrogen-bond donors (Lipinski definition) is 1. The molecule has 0 saturated heterocycles. The molecule has 1 N–H and O–H groups in total. The number of aromatic nitrogens is 3. The van der Waals surface area contributed by atoms with Gasteiger partial charge in [-0.1, -0.05) is 52.1 Å². The van der Waals surface area contributed by atoms with Gasteiger partial charge < -0.3 is 14.4 Å². The van der Waals surface area contributed by atoms with E-state index in [1.807, 2.05) is 36.7 Å². The van der Waals surface area contributed by atoms with E-state index < -0.39 is 5.97 Å². The van der Waals surface area contributed by atoms with Gasteiger partial charge in [0.25, 0.3) is 0 Å². The highest BCUT2D eigenvalue weighted by Gasteiger charge is 2.36. The van der Waals surface area contributed by atoms with Crippen LogP contribution in [0.5, 0.6) is 5.75 Å². The minimum absolute atomic E-state index is 0.0856. The summed E-state index contributed by atoms with van der Waals surface area (Å²) >= 11 is 19.7. The maximum Gasteiger partial charge on any atom is 0.356 e. The van der Waals surface area contributed by atoms with Gasteiger partial charge in [0.05, 0.1) is 15.6 Å². The summed E-state index contributed by atoms with van der Waals surface area (Å²) in [4.78, 5) is 11.5. The van der Waals surface area contributed by atoms with Crippen LogP contribution in [0.25, 0.3) is 11.3 Å². The number of benzene rings is 2. The molecule has 0 unspecified atom stereocenters. The number of carbonyl (C=O) groups is 1. The molecule has 2 aromatic heterocycles. The zero-order valence-electron chi connectivity index (χ0n) is 22.0. The maximum absolute atomic E-state index is 11.5. The van der Waals surface area contributed by atoms with E-state index in [2.05, 4.69) is 10.3 Å². The van der Waals surface area contributed by atoms with E-state index in [0.29, 0.717) is 38.0 Å². The minimum Gasteiger partial charge on any atom is -0.489 e. The quantitative estimate of drug-likeness (QED) is 0.206. The molecule has 0 radical (unpaired) electrons. The third-order valence-electron chi connectivity index (χ3n) is 7.79. The molecule has 0 spiro atoms. The Morgan fingerprint density at radius 2 is 1.77 bits per heavy atom. The minimum atomic E-state index is -1.01. The Morgan fingerprint density at radius 3 is 2.40 bits per heavy atom. The Bertz CT molecular complexity index is 1560. The van der Waals surface area contributed by atoms with Gasteiger partial charge in [-0.25, -0.2) is 4.79 Å². The lowest BCUT2D eigenvalue weighted by Gasteiger charge is -2.37. The lowest BCUT2D eigenvalue weighted by molar-refractivity contribution is 0.0689. The number of halogens is 3. The Labute approximate surface area is 247 Å². The third kappa shape index (κ3) is 5.11. The van der Waals surface area contributed by atoms with Gasteiger partial charge in [0.2, 0.25) is 0 Å². The van der Waals surface area contributed by atoms with Crippen molar-refractivity contribution in [3.8, 4) is 17.0 Å². The number of hydrogen-bond acceptors (Lipinski definition) is 5. The average molecular weight is 601 g/mol. The van der Waals surface area contributed by atoms with Crippen molar-refractivity contribution < 1.29 is 19.2 Å². The molecule has 0 atom stereocenters. The van der Waals surface area contributed by atoms with Crippen molar-refractivity contribution in [1.29, 1.82) is 0 Å². The van der Waals surface area contributed by atoms with Gasteiger partial charge in [-0.15, -0.1) is 0 Å². The van der Waals surface area contributed by atoms with E-state index in [-0.39, 0.29) is 30.2 Å². The molecule has 6 rings (SSSR count). The highest BCUT2D eigenvalue weighted by Crippen LogP contribution is 2.50. The predicted octanol–water partition coefficient (Wildman–Crippen LogP) is 8.89. The van der Waals surface area contributed by atoms with Gasteiger partial charge in [-0.05, 0) is 81.3 Å². The zero-order valence-corrected chi connectivity index (χ0v) is 24.3. The van der Waals surface area contributed by atoms with Crippen molar-refractivity contribution in [1.82, 2.24) is 14.9 Å². The average Bonchev–Trinajstić information content (AvgIpc) is 3.48. The van der Waals surface area contributed by atoms with Gasteiger partial charge in [0, 0.05) is 34.2 Å². The second kappa shape index (κ2) is 10.8. The first-order chi connectivity index (χ1) is 19.2. The van der Waals surface area contributed by atoms with Crippen LogP contribution >= 0.6 is 34.8 Å². The summed E-state index contributed by atoms with van der Waals surface area (Å²) in [5.41, 5.74) is 4.21. The molecule has 2 heterocycles. The van der Waals surface area contributed by atoms with Crippen molar-refractivity contribution in [2.75, 3.05) is 0 Å². The number of carboxylic acid groups (broad SMARTS) is 1. The smallest absolute Gasteiger partial charge is 0.356 e. The third-order valence-corrected chi connectivity index (χ3v) is 8.75. The lowest BCUT2D eigenvalue weighted by Crippen LogP contribution is -2.23. The van der Waals surface area contributed by atoms with Gasteiger partial charge in [-0.2, -0.15) is 5.10 Å². The molecule has 40 heavy (non-hydrogen) atoms. The van der Waals surface area contributed by atoms with Crippen LogP contribution in [0.4, 0.5) is 0 Å². The predicted molar refractivity (Wildman–Crippen MR) is 154 cm³/mol. The Hall–Kier alpha value is -3.00. The van der Waals surface area contributed by atoms with E-state index in [1.165, 1.54) is 0 Å². The van der Waals surface area contributed by atoms with Crippen LogP contribution in [0, 0.1) is 0 Å². The first kappa shape index (κ1) is 27.2. The lowest BCUT2D eigenvalue weighted by atomic mass is 9.70. The number of rotatable bonds is 9. The van der Waals surface area contributed by atoms with Gasteiger partial charge in [0.15, 0.2) is 5.69 Å². The Morgan fingerprint density at radius 1 is 1.05 bits per heavy atom. The number of carboxylic acids is 1. The molecule has 10 heteroatoms. The number of ether oxygens (including phenoxy) is 1. The normalized spacial score (nSPS) is 18.6. The summed E-state index contributed by atoms with van der Waals surface area (Å²) in [6.07, 6.45) is 3.86.